The third kappa shape index (κ3) is 2.56. The second-order valence-corrected chi connectivity index (χ2v) is 4.66. The molecule has 1 aromatic carbocycles. The molecule has 0 aliphatic carbocycles. The van der Waals surface area contributed by atoms with E-state index in [-0.39, 0.29) is 11.4 Å². The maximum Gasteiger partial charge on any atom is 0.246 e. The van der Waals surface area contributed by atoms with E-state index in [1.165, 1.54) is 6.07 Å². The van der Waals surface area contributed by atoms with Gasteiger partial charge < -0.3 is 9.84 Å². The number of halogens is 1. The van der Waals surface area contributed by atoms with Crippen molar-refractivity contribution in [2.75, 3.05) is 7.05 Å². The maximum absolute atomic E-state index is 13.5. The van der Waals surface area contributed by atoms with Crippen molar-refractivity contribution in [2.45, 2.75) is 25.8 Å². The Morgan fingerprint density at radius 2 is 2.06 bits per heavy atom. The highest BCUT2D eigenvalue weighted by Gasteiger charge is 2.25. The minimum absolute atomic E-state index is 0.253. The number of nitrogens with zero attached hydrogens (tertiary/aromatic N) is 2. The first-order valence-electron chi connectivity index (χ1n) is 5.78. The molecule has 5 heteroatoms. The average molecular weight is 249 g/mol. The number of benzene rings is 1. The van der Waals surface area contributed by atoms with E-state index in [0.29, 0.717) is 23.7 Å². The van der Waals surface area contributed by atoms with Crippen molar-refractivity contribution in [3.63, 3.8) is 0 Å². The highest BCUT2D eigenvalue weighted by Crippen LogP contribution is 2.18. The Labute approximate surface area is 105 Å². The van der Waals surface area contributed by atoms with Gasteiger partial charge in [-0.15, -0.1) is 0 Å². The average Bonchev–Trinajstić information content (AvgIpc) is 2.81. The monoisotopic (exact) mass is 249 g/mol. The number of hydrogen-bond acceptors (Lipinski definition) is 4. The largest absolute Gasteiger partial charge is 0.337 e. The lowest BCUT2D eigenvalue weighted by Crippen LogP contribution is -2.33. The molecule has 0 saturated heterocycles. The fourth-order valence-electron chi connectivity index (χ4n) is 1.50. The van der Waals surface area contributed by atoms with E-state index >= 15 is 0 Å². The molecule has 0 aliphatic heterocycles. The molecule has 0 saturated carbocycles. The van der Waals surface area contributed by atoms with Crippen LogP contribution >= 0.6 is 0 Å². The lowest BCUT2D eigenvalue weighted by molar-refractivity contribution is 0.279. The van der Waals surface area contributed by atoms with Gasteiger partial charge in [0.25, 0.3) is 0 Å². The first-order chi connectivity index (χ1) is 8.53. The summed E-state index contributed by atoms with van der Waals surface area (Å²) in [5, 5.41) is 6.95. The smallest absolute Gasteiger partial charge is 0.246 e. The summed E-state index contributed by atoms with van der Waals surface area (Å²) in [6.07, 6.45) is 0.329. The van der Waals surface area contributed by atoms with Gasteiger partial charge in [0, 0.05) is 6.42 Å². The van der Waals surface area contributed by atoms with Gasteiger partial charge in [-0.1, -0.05) is 23.4 Å². The summed E-state index contributed by atoms with van der Waals surface area (Å²) in [6.45, 7) is 3.88. The summed E-state index contributed by atoms with van der Waals surface area (Å²) in [5.41, 5.74) is 0.174. The zero-order valence-corrected chi connectivity index (χ0v) is 10.7. The second kappa shape index (κ2) is 4.86. The Morgan fingerprint density at radius 3 is 2.72 bits per heavy atom. The van der Waals surface area contributed by atoms with Crippen LogP contribution in [0.2, 0.25) is 0 Å². The molecule has 4 nitrogen and oxygen atoms in total. The molecular formula is C13H16FN3O. The molecule has 2 aromatic rings. The third-order valence-corrected chi connectivity index (χ3v) is 2.93. The zero-order valence-electron chi connectivity index (χ0n) is 10.7. The van der Waals surface area contributed by atoms with Crippen molar-refractivity contribution in [1.29, 1.82) is 0 Å². The van der Waals surface area contributed by atoms with Gasteiger partial charge >= 0.3 is 0 Å². The van der Waals surface area contributed by atoms with E-state index in [1.807, 2.05) is 20.9 Å². The molecule has 0 fully saturated rings. The van der Waals surface area contributed by atoms with Gasteiger partial charge in [0.2, 0.25) is 5.89 Å². The van der Waals surface area contributed by atoms with Crippen molar-refractivity contribution in [3.8, 4) is 0 Å². The molecule has 96 valence electrons. The maximum atomic E-state index is 13.5. The molecule has 0 atom stereocenters. The van der Waals surface area contributed by atoms with Crippen LogP contribution in [-0.2, 0) is 12.0 Å². The molecule has 18 heavy (non-hydrogen) atoms. The minimum atomic E-state index is -0.388. The summed E-state index contributed by atoms with van der Waals surface area (Å²) < 4.78 is 18.7. The van der Waals surface area contributed by atoms with E-state index in [9.17, 15) is 4.39 Å². The van der Waals surface area contributed by atoms with E-state index in [4.69, 9.17) is 4.52 Å². The Balaban J connectivity index is 2.20. The summed E-state index contributed by atoms with van der Waals surface area (Å²) in [7, 11) is 1.82. The van der Waals surface area contributed by atoms with Crippen LogP contribution in [0.5, 0.6) is 0 Å². The van der Waals surface area contributed by atoms with Crippen LogP contribution in [0.15, 0.2) is 28.8 Å². The minimum Gasteiger partial charge on any atom is -0.337 e. The highest BCUT2D eigenvalue weighted by molar-refractivity contribution is 5.20. The van der Waals surface area contributed by atoms with Crippen LogP contribution < -0.4 is 5.32 Å². The molecule has 0 aliphatic rings. The molecule has 0 radical (unpaired) electrons. The first kappa shape index (κ1) is 12.7. The van der Waals surface area contributed by atoms with Crippen LogP contribution in [0.1, 0.15) is 31.1 Å². The Kier molecular flexibility index (Phi) is 3.43. The molecule has 0 spiro atoms. The fraction of sp³-hybridized carbons (Fsp3) is 0.385. The molecular weight excluding hydrogens is 233 g/mol. The zero-order chi connectivity index (χ0) is 13.2. The standard InChI is InChI=1S/C13H16FN3O/c1-13(2,15-3)12-16-11(17-18-12)8-9-6-4-5-7-10(9)14/h4-7,15H,8H2,1-3H3. The van der Waals surface area contributed by atoms with Gasteiger partial charge in [-0.3, -0.25) is 0 Å². The van der Waals surface area contributed by atoms with E-state index in [0.717, 1.165) is 0 Å². The quantitative estimate of drug-likeness (QED) is 0.903. The lowest BCUT2D eigenvalue weighted by Gasteiger charge is -2.17. The lowest BCUT2D eigenvalue weighted by atomic mass is 10.1. The normalized spacial score (nSPS) is 11.8. The van der Waals surface area contributed by atoms with E-state index < -0.39 is 0 Å². The van der Waals surface area contributed by atoms with Gasteiger partial charge in [-0.2, -0.15) is 4.98 Å². The van der Waals surface area contributed by atoms with Crippen LogP contribution in [0, 0.1) is 5.82 Å². The Bertz CT molecular complexity index is 537. The molecule has 1 aromatic heterocycles. The molecule has 0 bridgehead atoms. The number of rotatable bonds is 4. The topological polar surface area (TPSA) is 51.0 Å². The summed E-state index contributed by atoms with van der Waals surface area (Å²) in [5.74, 6) is 0.728. The molecule has 1 N–H and O–H groups in total. The predicted molar refractivity (Wildman–Crippen MR) is 65.6 cm³/mol. The molecule has 0 unspecified atom stereocenters. The molecule has 0 amide bonds. The fourth-order valence-corrected chi connectivity index (χ4v) is 1.50. The van der Waals surface area contributed by atoms with Crippen molar-refractivity contribution >= 4 is 0 Å². The van der Waals surface area contributed by atoms with Crippen LogP contribution in [0.4, 0.5) is 4.39 Å². The van der Waals surface area contributed by atoms with E-state index in [2.05, 4.69) is 15.5 Å². The van der Waals surface area contributed by atoms with Crippen molar-refractivity contribution in [3.05, 3.63) is 47.4 Å². The van der Waals surface area contributed by atoms with E-state index in [1.54, 1.807) is 18.2 Å². The number of nitrogens with one attached hydrogen (secondary N) is 1. The summed E-state index contributed by atoms with van der Waals surface area (Å²) in [6, 6.07) is 6.59. The second-order valence-electron chi connectivity index (χ2n) is 4.66. The van der Waals surface area contributed by atoms with Gasteiger partial charge in [-0.05, 0) is 32.5 Å². The first-order valence-corrected chi connectivity index (χ1v) is 5.78. The molecule has 1 heterocycles. The van der Waals surface area contributed by atoms with Crippen LogP contribution in [-0.4, -0.2) is 17.2 Å². The number of aromatic nitrogens is 2. The third-order valence-electron chi connectivity index (χ3n) is 2.93. The van der Waals surface area contributed by atoms with Gasteiger partial charge in [0.1, 0.15) is 5.82 Å². The van der Waals surface area contributed by atoms with Crippen molar-refractivity contribution < 1.29 is 8.91 Å². The van der Waals surface area contributed by atoms with Crippen molar-refractivity contribution in [2.24, 2.45) is 0 Å². The van der Waals surface area contributed by atoms with Crippen LogP contribution in [0.3, 0.4) is 0 Å². The molecule has 2 rings (SSSR count). The Hall–Kier alpha value is -1.75. The van der Waals surface area contributed by atoms with Gasteiger partial charge in [0.15, 0.2) is 5.82 Å². The number of hydrogen-bond donors (Lipinski definition) is 1. The van der Waals surface area contributed by atoms with Gasteiger partial charge in [-0.25, -0.2) is 4.39 Å². The van der Waals surface area contributed by atoms with Crippen molar-refractivity contribution in [1.82, 2.24) is 15.5 Å². The predicted octanol–water partition coefficient (Wildman–Crippen LogP) is 2.25. The van der Waals surface area contributed by atoms with Gasteiger partial charge in [0.05, 0.1) is 5.54 Å². The Morgan fingerprint density at radius 1 is 1.33 bits per heavy atom. The summed E-state index contributed by atoms with van der Waals surface area (Å²) >= 11 is 0. The summed E-state index contributed by atoms with van der Waals surface area (Å²) in [4.78, 5) is 4.28. The SMILES string of the molecule is CNC(C)(C)c1nc(Cc2ccccc2F)no1. The van der Waals surface area contributed by atoms with Crippen LogP contribution in [0.25, 0.3) is 0 Å². The highest BCUT2D eigenvalue weighted by atomic mass is 19.1.